The minimum absolute atomic E-state index is 0.505. The summed E-state index contributed by atoms with van der Waals surface area (Å²) >= 11 is 3.65. The summed E-state index contributed by atoms with van der Waals surface area (Å²) in [6.07, 6.45) is 3.52. The Hall–Kier alpha value is -3.44. The largest absolute Gasteiger partial charge is 0.493 e. The van der Waals surface area contributed by atoms with Crippen LogP contribution in [0.15, 0.2) is 89.4 Å². The third-order valence-electron chi connectivity index (χ3n) is 6.44. The lowest BCUT2D eigenvalue weighted by molar-refractivity contribution is 0.242. The van der Waals surface area contributed by atoms with Crippen LogP contribution in [-0.4, -0.2) is 13.2 Å². The quantitative estimate of drug-likeness (QED) is 0.137. The van der Waals surface area contributed by atoms with Crippen molar-refractivity contribution in [1.29, 1.82) is 0 Å². The fraction of sp³-hybridized carbons (Fsp3) is 0.294. The average molecular weight is 590 g/mol. The van der Waals surface area contributed by atoms with Gasteiger partial charge in [-0.15, -0.1) is 0 Å². The molecule has 0 saturated carbocycles. The van der Waals surface area contributed by atoms with Crippen molar-refractivity contribution in [3.63, 3.8) is 0 Å². The number of halogens is 1. The fourth-order valence-corrected chi connectivity index (χ4v) is 4.82. The molecule has 0 aromatic heterocycles. The Labute approximate surface area is 241 Å². The van der Waals surface area contributed by atoms with E-state index in [0.717, 1.165) is 81.2 Å². The van der Waals surface area contributed by atoms with Crippen molar-refractivity contribution in [2.45, 2.75) is 53.1 Å². The zero-order valence-corrected chi connectivity index (χ0v) is 24.6. The number of benzene rings is 4. The molecule has 39 heavy (non-hydrogen) atoms. The molecule has 4 aromatic rings. The maximum Gasteiger partial charge on any atom is 0.137 e. The molecule has 0 spiro atoms. The van der Waals surface area contributed by atoms with Crippen LogP contribution in [0.3, 0.4) is 0 Å². The highest BCUT2D eigenvalue weighted by Gasteiger charge is 2.13. The van der Waals surface area contributed by atoms with Crippen molar-refractivity contribution in [2.24, 2.45) is 0 Å². The Morgan fingerprint density at radius 1 is 0.667 bits per heavy atom. The Kier molecular flexibility index (Phi) is 10.7. The number of ether oxygens (including phenoxy) is 4. The summed E-state index contributed by atoms with van der Waals surface area (Å²) in [6.45, 7) is 7.97. The molecule has 0 N–H and O–H groups in total. The first kappa shape index (κ1) is 28.6. The van der Waals surface area contributed by atoms with Crippen LogP contribution in [0.4, 0.5) is 0 Å². The van der Waals surface area contributed by atoms with Gasteiger partial charge in [-0.3, -0.25) is 0 Å². The fourth-order valence-electron chi connectivity index (χ4n) is 4.32. The van der Waals surface area contributed by atoms with Crippen LogP contribution in [0.1, 0.15) is 48.9 Å². The van der Waals surface area contributed by atoms with Gasteiger partial charge in [-0.05, 0) is 76.7 Å². The Morgan fingerprint density at radius 2 is 1.36 bits per heavy atom. The smallest absolute Gasteiger partial charge is 0.137 e. The van der Waals surface area contributed by atoms with Gasteiger partial charge in [0.15, 0.2) is 0 Å². The lowest BCUT2D eigenvalue weighted by Gasteiger charge is -2.17. The monoisotopic (exact) mass is 588 g/mol. The molecule has 0 fully saturated rings. The molecule has 0 bridgehead atoms. The van der Waals surface area contributed by atoms with E-state index in [1.807, 2.05) is 60.7 Å². The molecule has 4 rings (SSSR count). The van der Waals surface area contributed by atoms with Crippen molar-refractivity contribution in [2.75, 3.05) is 13.2 Å². The molecule has 4 nitrogen and oxygen atoms in total. The first-order valence-electron chi connectivity index (χ1n) is 13.7. The van der Waals surface area contributed by atoms with Crippen molar-refractivity contribution in [3.8, 4) is 28.7 Å². The van der Waals surface area contributed by atoms with Crippen LogP contribution in [-0.2, 0) is 19.4 Å². The topological polar surface area (TPSA) is 36.9 Å². The maximum atomic E-state index is 6.29. The summed E-state index contributed by atoms with van der Waals surface area (Å²) in [6, 6.07) is 28.3. The highest BCUT2D eigenvalue weighted by atomic mass is 79.9. The van der Waals surface area contributed by atoms with E-state index in [9.17, 15) is 0 Å². The molecular formula is C34H37BrO4. The Balaban J connectivity index is 1.35. The van der Waals surface area contributed by atoms with Crippen LogP contribution in [0.25, 0.3) is 0 Å². The van der Waals surface area contributed by atoms with Crippen LogP contribution in [0.2, 0.25) is 0 Å². The molecule has 0 aliphatic rings. The predicted octanol–water partition coefficient (Wildman–Crippen LogP) is 9.49. The van der Waals surface area contributed by atoms with Crippen LogP contribution in [0, 0.1) is 6.92 Å². The minimum atomic E-state index is 0.505. The van der Waals surface area contributed by atoms with E-state index in [0.29, 0.717) is 19.8 Å². The third-order valence-corrected chi connectivity index (χ3v) is 7.06. The molecule has 0 aliphatic carbocycles. The highest BCUT2D eigenvalue weighted by molar-refractivity contribution is 9.10. The van der Waals surface area contributed by atoms with E-state index in [2.05, 4.69) is 61.0 Å². The van der Waals surface area contributed by atoms with Gasteiger partial charge in [0.05, 0.1) is 17.7 Å². The van der Waals surface area contributed by atoms with E-state index >= 15 is 0 Å². The second-order valence-corrected chi connectivity index (χ2v) is 10.3. The zero-order valence-electron chi connectivity index (χ0n) is 23.0. The number of hydrogen-bond acceptors (Lipinski definition) is 4. The van der Waals surface area contributed by atoms with Crippen LogP contribution >= 0.6 is 15.9 Å². The summed E-state index contributed by atoms with van der Waals surface area (Å²) in [4.78, 5) is 0. The SMILES string of the molecule is CCCc1c(OCCCOc2cc(OCc3ccccc3)c(Br)cc2CC)cccc1Oc1ccccc1C. The summed E-state index contributed by atoms with van der Waals surface area (Å²) in [5, 5.41) is 0. The molecule has 0 saturated heterocycles. The molecule has 0 amide bonds. The summed E-state index contributed by atoms with van der Waals surface area (Å²) in [5.41, 5.74) is 4.47. The number of para-hydroxylation sites is 1. The number of aryl methyl sites for hydroxylation is 2. The molecule has 204 valence electrons. The van der Waals surface area contributed by atoms with Crippen molar-refractivity contribution >= 4 is 15.9 Å². The first-order chi connectivity index (χ1) is 19.1. The zero-order chi connectivity index (χ0) is 27.5. The Bertz CT molecular complexity index is 1340. The van der Waals surface area contributed by atoms with E-state index in [1.165, 1.54) is 0 Å². The van der Waals surface area contributed by atoms with Gasteiger partial charge in [0.2, 0.25) is 0 Å². The van der Waals surface area contributed by atoms with Crippen LogP contribution in [0.5, 0.6) is 28.7 Å². The number of hydrogen-bond donors (Lipinski definition) is 0. The average Bonchev–Trinajstić information content (AvgIpc) is 2.95. The highest BCUT2D eigenvalue weighted by Crippen LogP contribution is 2.35. The van der Waals surface area contributed by atoms with Gasteiger partial charge in [-0.2, -0.15) is 0 Å². The molecule has 4 aromatic carbocycles. The van der Waals surface area contributed by atoms with Gasteiger partial charge in [0.25, 0.3) is 0 Å². The van der Waals surface area contributed by atoms with E-state index in [4.69, 9.17) is 18.9 Å². The molecule has 0 heterocycles. The number of rotatable bonds is 14. The minimum Gasteiger partial charge on any atom is -0.493 e. The van der Waals surface area contributed by atoms with Crippen molar-refractivity contribution in [1.82, 2.24) is 0 Å². The summed E-state index contributed by atoms with van der Waals surface area (Å²) in [5.74, 6) is 4.22. The molecule has 0 aliphatic heterocycles. The van der Waals surface area contributed by atoms with Gasteiger partial charge in [-0.1, -0.05) is 74.9 Å². The third kappa shape index (κ3) is 8.03. The second-order valence-electron chi connectivity index (χ2n) is 9.42. The van der Waals surface area contributed by atoms with Gasteiger partial charge < -0.3 is 18.9 Å². The second kappa shape index (κ2) is 14.6. The predicted molar refractivity (Wildman–Crippen MR) is 162 cm³/mol. The first-order valence-corrected chi connectivity index (χ1v) is 14.5. The lowest BCUT2D eigenvalue weighted by Crippen LogP contribution is -2.08. The normalized spacial score (nSPS) is 10.8. The van der Waals surface area contributed by atoms with E-state index in [1.54, 1.807) is 0 Å². The van der Waals surface area contributed by atoms with Gasteiger partial charge >= 0.3 is 0 Å². The molecular weight excluding hydrogens is 552 g/mol. The van der Waals surface area contributed by atoms with Gasteiger partial charge in [0.1, 0.15) is 35.4 Å². The van der Waals surface area contributed by atoms with Gasteiger partial charge in [-0.25, -0.2) is 0 Å². The summed E-state index contributed by atoms with van der Waals surface area (Å²) in [7, 11) is 0. The summed E-state index contributed by atoms with van der Waals surface area (Å²) < 4.78 is 25.7. The standard InChI is InChI=1S/C34H37BrO4/c1-4-13-28-31(18-11-19-32(28)39-30-17-10-9-14-25(30)3)36-20-12-21-37-33-23-34(29(35)22-27(33)5-2)38-24-26-15-7-6-8-16-26/h6-11,14-19,22-23H,4-5,12-13,20-21,24H2,1-3H3. The van der Waals surface area contributed by atoms with Crippen molar-refractivity contribution in [3.05, 3.63) is 112 Å². The van der Waals surface area contributed by atoms with E-state index in [-0.39, 0.29) is 0 Å². The molecule has 0 atom stereocenters. The van der Waals surface area contributed by atoms with Gasteiger partial charge in [0, 0.05) is 18.1 Å². The molecule has 0 unspecified atom stereocenters. The molecule has 5 heteroatoms. The lowest BCUT2D eigenvalue weighted by atomic mass is 10.1. The Morgan fingerprint density at radius 3 is 2.10 bits per heavy atom. The molecule has 0 radical (unpaired) electrons. The van der Waals surface area contributed by atoms with Crippen LogP contribution < -0.4 is 18.9 Å². The maximum absolute atomic E-state index is 6.29. The van der Waals surface area contributed by atoms with Crippen molar-refractivity contribution < 1.29 is 18.9 Å². The van der Waals surface area contributed by atoms with E-state index < -0.39 is 0 Å².